The number of para-hydroxylation sites is 1. The zero-order valence-corrected chi connectivity index (χ0v) is 24.1. The highest BCUT2D eigenvalue weighted by molar-refractivity contribution is 6.16. The largest absolute Gasteiger partial charge is 0.497 e. The molecule has 44 heavy (non-hydrogen) atoms. The monoisotopic (exact) mass is 582 g/mol. The van der Waals surface area contributed by atoms with Crippen LogP contribution >= 0.6 is 0 Å². The van der Waals surface area contributed by atoms with E-state index < -0.39 is 23.4 Å². The van der Waals surface area contributed by atoms with Gasteiger partial charge in [0.05, 0.1) is 19.1 Å². The lowest BCUT2D eigenvalue weighted by Gasteiger charge is -2.38. The van der Waals surface area contributed by atoms with Crippen LogP contribution in [0.1, 0.15) is 43.4 Å². The van der Waals surface area contributed by atoms with Crippen LogP contribution in [-0.4, -0.2) is 42.1 Å². The van der Waals surface area contributed by atoms with Crippen molar-refractivity contribution in [3.8, 4) is 11.5 Å². The molecule has 218 valence electrons. The summed E-state index contributed by atoms with van der Waals surface area (Å²) < 4.78 is 11.2. The Morgan fingerprint density at radius 1 is 0.909 bits per heavy atom. The van der Waals surface area contributed by atoms with Crippen molar-refractivity contribution < 1.29 is 23.9 Å². The molecule has 4 atom stereocenters. The SMILES string of the molecule is C=CCOc1cccc(C(=O)[C@@H]2[C@H](C(=O)c3cccc(OC)c3)N3C=Cc4ccccc4[C@@H]3[C@]23C(=O)Nc2ccccc23)c1. The van der Waals surface area contributed by atoms with Crippen LogP contribution < -0.4 is 14.8 Å². The molecule has 7 heteroatoms. The molecule has 3 heterocycles. The lowest BCUT2D eigenvalue weighted by molar-refractivity contribution is -0.122. The van der Waals surface area contributed by atoms with Gasteiger partial charge in [-0.1, -0.05) is 79.4 Å². The predicted molar refractivity (Wildman–Crippen MR) is 168 cm³/mol. The van der Waals surface area contributed by atoms with Gasteiger partial charge in [0.15, 0.2) is 11.6 Å². The summed E-state index contributed by atoms with van der Waals surface area (Å²) in [4.78, 5) is 46.3. The smallest absolute Gasteiger partial charge is 0.238 e. The first-order valence-electron chi connectivity index (χ1n) is 14.5. The van der Waals surface area contributed by atoms with E-state index >= 15 is 4.79 Å². The Hall–Kier alpha value is -5.43. The number of nitrogens with one attached hydrogen (secondary N) is 1. The Kier molecular flexibility index (Phi) is 6.66. The van der Waals surface area contributed by atoms with E-state index in [9.17, 15) is 9.59 Å². The average Bonchev–Trinajstić information content (AvgIpc) is 3.55. The summed E-state index contributed by atoms with van der Waals surface area (Å²) in [5, 5.41) is 3.08. The number of hydrogen-bond acceptors (Lipinski definition) is 6. The molecule has 0 radical (unpaired) electrons. The van der Waals surface area contributed by atoms with Crippen LogP contribution in [0.3, 0.4) is 0 Å². The maximum atomic E-state index is 15.0. The molecule has 0 aromatic heterocycles. The van der Waals surface area contributed by atoms with E-state index in [2.05, 4.69) is 11.9 Å². The molecule has 1 saturated heterocycles. The van der Waals surface area contributed by atoms with Crippen molar-refractivity contribution in [2.24, 2.45) is 5.92 Å². The summed E-state index contributed by atoms with van der Waals surface area (Å²) in [5.41, 5.74) is 2.49. The van der Waals surface area contributed by atoms with E-state index in [1.165, 1.54) is 0 Å². The van der Waals surface area contributed by atoms with Crippen molar-refractivity contribution in [2.45, 2.75) is 17.5 Å². The minimum Gasteiger partial charge on any atom is -0.497 e. The molecule has 1 spiro atoms. The fourth-order valence-electron chi connectivity index (χ4n) is 7.19. The van der Waals surface area contributed by atoms with Gasteiger partial charge >= 0.3 is 0 Å². The number of fused-ring (bicyclic) bond motifs is 6. The van der Waals surface area contributed by atoms with Crippen LogP contribution in [-0.2, 0) is 10.2 Å². The second kappa shape index (κ2) is 10.7. The average molecular weight is 583 g/mol. The Bertz CT molecular complexity index is 1860. The number of hydrogen-bond donors (Lipinski definition) is 1. The number of Topliss-reactive ketones (excluding diaryl/α,β-unsaturated/α-hetero) is 2. The highest BCUT2D eigenvalue weighted by atomic mass is 16.5. The number of ether oxygens (including phenoxy) is 2. The van der Waals surface area contributed by atoms with Gasteiger partial charge < -0.3 is 19.7 Å². The summed E-state index contributed by atoms with van der Waals surface area (Å²) in [6.45, 7) is 3.98. The summed E-state index contributed by atoms with van der Waals surface area (Å²) in [7, 11) is 1.54. The minimum absolute atomic E-state index is 0.273. The third-order valence-electron chi connectivity index (χ3n) is 8.96. The number of carbonyl (C=O) groups is 3. The van der Waals surface area contributed by atoms with Gasteiger partial charge in [0.1, 0.15) is 29.6 Å². The molecule has 7 rings (SSSR count). The molecule has 3 aliphatic rings. The molecule has 4 aromatic carbocycles. The van der Waals surface area contributed by atoms with Crippen LogP contribution in [0.5, 0.6) is 11.5 Å². The van der Waals surface area contributed by atoms with Crippen molar-refractivity contribution in [3.05, 3.63) is 144 Å². The highest BCUT2D eigenvalue weighted by Crippen LogP contribution is 2.62. The number of anilines is 1. The third-order valence-corrected chi connectivity index (χ3v) is 8.96. The summed E-state index contributed by atoms with van der Waals surface area (Å²) in [6.07, 6.45) is 5.44. The first-order chi connectivity index (χ1) is 21.5. The van der Waals surface area contributed by atoms with E-state index in [0.717, 1.165) is 11.1 Å². The molecule has 0 bridgehead atoms. The van der Waals surface area contributed by atoms with E-state index in [0.29, 0.717) is 33.9 Å². The minimum atomic E-state index is -1.41. The fourth-order valence-corrected chi connectivity index (χ4v) is 7.19. The van der Waals surface area contributed by atoms with Gasteiger partial charge in [-0.05, 0) is 53.1 Å². The molecule has 0 aliphatic carbocycles. The molecule has 4 aromatic rings. The second-order valence-corrected chi connectivity index (χ2v) is 11.2. The number of methoxy groups -OCH3 is 1. The summed E-state index contributed by atoms with van der Waals surface area (Å²) in [6, 6.07) is 27.5. The third kappa shape index (κ3) is 4.00. The summed E-state index contributed by atoms with van der Waals surface area (Å²) >= 11 is 0. The molecule has 1 fully saturated rings. The topological polar surface area (TPSA) is 84.9 Å². The van der Waals surface area contributed by atoms with Gasteiger partial charge in [-0.2, -0.15) is 0 Å². The molecule has 7 nitrogen and oxygen atoms in total. The molecule has 0 saturated carbocycles. The van der Waals surface area contributed by atoms with Gasteiger partial charge in [0.25, 0.3) is 0 Å². The van der Waals surface area contributed by atoms with E-state index in [1.54, 1.807) is 61.7 Å². The number of rotatable bonds is 8. The van der Waals surface area contributed by atoms with Gasteiger partial charge in [0, 0.05) is 23.0 Å². The van der Waals surface area contributed by atoms with Crippen molar-refractivity contribution in [1.29, 1.82) is 0 Å². The molecular formula is C37H30N2O5. The van der Waals surface area contributed by atoms with Gasteiger partial charge in [-0.3, -0.25) is 14.4 Å². The first-order valence-corrected chi connectivity index (χ1v) is 14.5. The molecule has 3 aliphatic heterocycles. The van der Waals surface area contributed by atoms with Crippen LogP contribution in [0.4, 0.5) is 5.69 Å². The molecular weight excluding hydrogens is 552 g/mol. The van der Waals surface area contributed by atoms with Gasteiger partial charge in [-0.15, -0.1) is 0 Å². The van der Waals surface area contributed by atoms with Crippen LogP contribution in [0.15, 0.2) is 116 Å². The zero-order valence-electron chi connectivity index (χ0n) is 24.1. The maximum Gasteiger partial charge on any atom is 0.238 e. The van der Waals surface area contributed by atoms with Crippen molar-refractivity contribution in [3.63, 3.8) is 0 Å². The number of ketones is 2. The predicted octanol–water partition coefficient (Wildman–Crippen LogP) is 6.24. The zero-order chi connectivity index (χ0) is 30.4. The lowest BCUT2D eigenvalue weighted by Crippen LogP contribution is -2.49. The van der Waals surface area contributed by atoms with E-state index in [1.807, 2.05) is 65.7 Å². The number of nitrogens with zero attached hydrogens (tertiary/aromatic N) is 1. The van der Waals surface area contributed by atoms with Crippen LogP contribution in [0.2, 0.25) is 0 Å². The first kappa shape index (κ1) is 27.4. The standard InChI is InChI=1S/C37H30N2O5/c1-3-20-44-27-14-9-11-24(22-27)33(40)31-32(34(41)25-12-8-13-26(21-25)43-2)39-19-18-23-10-4-5-15-28(23)35(39)37(31)29-16-6-7-17-30(29)38-36(37)42/h3-19,21-22,31-32,35H,1,20H2,2H3,(H,38,42)/t31-,32+,35+,37+/m0/s1. The Balaban J connectivity index is 1.50. The summed E-state index contributed by atoms with van der Waals surface area (Å²) in [5.74, 6) is -0.958. The van der Waals surface area contributed by atoms with Gasteiger partial charge in [-0.25, -0.2) is 0 Å². The normalized spacial score (nSPS) is 22.5. The highest BCUT2D eigenvalue weighted by Gasteiger charge is 2.70. The molecule has 1 N–H and O–H groups in total. The van der Waals surface area contributed by atoms with Crippen LogP contribution in [0.25, 0.3) is 6.08 Å². The number of amides is 1. The number of carbonyl (C=O) groups excluding carboxylic acids is 3. The van der Waals surface area contributed by atoms with Crippen molar-refractivity contribution in [2.75, 3.05) is 19.0 Å². The van der Waals surface area contributed by atoms with Gasteiger partial charge in [0.2, 0.25) is 5.91 Å². The van der Waals surface area contributed by atoms with E-state index in [-0.39, 0.29) is 24.1 Å². The maximum absolute atomic E-state index is 15.0. The molecule has 1 amide bonds. The Morgan fingerprint density at radius 2 is 1.61 bits per heavy atom. The van der Waals surface area contributed by atoms with E-state index in [4.69, 9.17) is 9.47 Å². The fraction of sp³-hybridized carbons (Fsp3) is 0.162. The Labute approximate surface area is 255 Å². The van der Waals surface area contributed by atoms with Crippen molar-refractivity contribution >= 4 is 29.2 Å². The Morgan fingerprint density at radius 3 is 2.41 bits per heavy atom. The lowest BCUT2D eigenvalue weighted by atomic mass is 9.62. The number of benzene rings is 4. The van der Waals surface area contributed by atoms with Crippen LogP contribution in [0, 0.1) is 5.92 Å². The second-order valence-electron chi connectivity index (χ2n) is 11.2. The quantitative estimate of drug-likeness (QED) is 0.196. The van der Waals surface area contributed by atoms with Crippen molar-refractivity contribution in [1.82, 2.24) is 4.90 Å². The molecule has 0 unspecified atom stereocenters.